The molecule has 0 saturated heterocycles. The molecule has 3 heterocycles. The summed E-state index contributed by atoms with van der Waals surface area (Å²) in [4.78, 5) is 22.0. The fraction of sp³-hybridized carbons (Fsp3) is 0.250. The fourth-order valence-corrected chi connectivity index (χ4v) is 3.73. The van der Waals surface area contributed by atoms with E-state index in [1.54, 1.807) is 24.3 Å². The van der Waals surface area contributed by atoms with E-state index in [9.17, 15) is 0 Å². The van der Waals surface area contributed by atoms with Crippen molar-refractivity contribution in [1.29, 1.82) is 10.5 Å². The number of anilines is 1. The van der Waals surface area contributed by atoms with Crippen LogP contribution in [0.4, 0.5) is 5.95 Å². The van der Waals surface area contributed by atoms with Gasteiger partial charge in [0, 0.05) is 18.9 Å². The fourth-order valence-electron chi connectivity index (χ4n) is 2.28. The highest BCUT2D eigenvalue weighted by Crippen LogP contribution is 2.28. The van der Waals surface area contributed by atoms with Crippen molar-refractivity contribution in [2.24, 2.45) is 0 Å². The smallest absolute Gasteiger partial charge is 0.227 e. The predicted octanol–water partition coefficient (Wildman–Crippen LogP) is 4.31. The zero-order valence-electron chi connectivity index (χ0n) is 16.2. The Kier molecular flexibility index (Phi) is 7.95. The molecule has 0 amide bonds. The summed E-state index contributed by atoms with van der Waals surface area (Å²) >= 11 is 2.59. The summed E-state index contributed by atoms with van der Waals surface area (Å²) in [6, 6.07) is 11.0. The van der Waals surface area contributed by atoms with Gasteiger partial charge in [0.05, 0.1) is 11.1 Å². The number of aromatic nitrogens is 5. The molecular formula is C20H18N8S2. The van der Waals surface area contributed by atoms with E-state index in [4.69, 9.17) is 10.5 Å². The van der Waals surface area contributed by atoms with Crippen LogP contribution in [0.1, 0.15) is 37.3 Å². The van der Waals surface area contributed by atoms with Gasteiger partial charge in [-0.15, -0.1) is 0 Å². The lowest BCUT2D eigenvalue weighted by Gasteiger charge is -2.08. The Labute approximate surface area is 183 Å². The van der Waals surface area contributed by atoms with Crippen molar-refractivity contribution < 1.29 is 0 Å². The lowest BCUT2D eigenvalue weighted by Crippen LogP contribution is -2.08. The van der Waals surface area contributed by atoms with E-state index < -0.39 is 0 Å². The Morgan fingerprint density at radius 1 is 0.833 bits per heavy atom. The zero-order valence-corrected chi connectivity index (χ0v) is 17.9. The molecule has 0 unspecified atom stereocenters. The van der Waals surface area contributed by atoms with Crippen LogP contribution in [0.25, 0.3) is 0 Å². The molecule has 0 spiro atoms. The minimum Gasteiger partial charge on any atom is -0.354 e. The molecule has 3 aromatic rings. The molecule has 0 aliphatic carbocycles. The Bertz CT molecular complexity index is 978. The van der Waals surface area contributed by atoms with Crippen LogP contribution in [-0.2, 0) is 0 Å². The Morgan fingerprint density at radius 3 is 1.83 bits per heavy atom. The minimum absolute atomic E-state index is 0.494. The van der Waals surface area contributed by atoms with Gasteiger partial charge in [0.2, 0.25) is 5.95 Å². The quantitative estimate of drug-likeness (QED) is 0.487. The van der Waals surface area contributed by atoms with E-state index in [1.165, 1.54) is 35.9 Å². The third-order valence-corrected chi connectivity index (χ3v) is 5.41. The highest BCUT2D eigenvalue weighted by atomic mass is 32.2. The molecule has 8 nitrogen and oxygen atoms in total. The van der Waals surface area contributed by atoms with E-state index in [2.05, 4.69) is 49.3 Å². The van der Waals surface area contributed by atoms with Gasteiger partial charge in [-0.3, -0.25) is 0 Å². The standard InChI is InChI=1S/C20H18N8S2/c1-2-3-4-9-23-18-26-19(29-16-7-5-14(10-21)12-24-16)28-20(27-18)30-17-8-6-15(11-22)13-25-17/h5-8,12-13H,2-4,9H2,1H3,(H,23,26,27,28). The number of nitriles is 2. The summed E-state index contributed by atoms with van der Waals surface area (Å²) in [5.41, 5.74) is 0.993. The number of nitrogens with one attached hydrogen (secondary N) is 1. The van der Waals surface area contributed by atoms with Crippen molar-refractivity contribution in [1.82, 2.24) is 24.9 Å². The van der Waals surface area contributed by atoms with Crippen molar-refractivity contribution >= 4 is 29.5 Å². The molecule has 3 rings (SSSR count). The molecule has 0 fully saturated rings. The number of nitrogens with zero attached hydrogens (tertiary/aromatic N) is 7. The largest absolute Gasteiger partial charge is 0.354 e. The van der Waals surface area contributed by atoms with E-state index >= 15 is 0 Å². The Morgan fingerprint density at radius 2 is 1.40 bits per heavy atom. The summed E-state index contributed by atoms with van der Waals surface area (Å²) in [7, 11) is 0. The van der Waals surface area contributed by atoms with Crippen LogP contribution in [0.5, 0.6) is 0 Å². The third kappa shape index (κ3) is 6.41. The van der Waals surface area contributed by atoms with Crippen LogP contribution in [0, 0.1) is 22.7 Å². The van der Waals surface area contributed by atoms with Gasteiger partial charge in [0.1, 0.15) is 22.2 Å². The van der Waals surface area contributed by atoms with E-state index in [1.807, 2.05) is 0 Å². The first-order valence-electron chi connectivity index (χ1n) is 9.28. The molecule has 0 bridgehead atoms. The highest BCUT2D eigenvalue weighted by molar-refractivity contribution is 7.99. The average molecular weight is 435 g/mol. The second-order valence-electron chi connectivity index (χ2n) is 6.06. The molecule has 0 radical (unpaired) electrons. The summed E-state index contributed by atoms with van der Waals surface area (Å²) in [5.74, 6) is 0.494. The molecule has 0 saturated carbocycles. The van der Waals surface area contributed by atoms with Crippen molar-refractivity contribution in [2.45, 2.75) is 46.6 Å². The highest BCUT2D eigenvalue weighted by Gasteiger charge is 2.11. The normalized spacial score (nSPS) is 10.2. The van der Waals surface area contributed by atoms with Crippen LogP contribution in [-0.4, -0.2) is 31.5 Å². The van der Waals surface area contributed by atoms with Gasteiger partial charge in [0.15, 0.2) is 10.3 Å². The first-order chi connectivity index (χ1) is 14.7. The van der Waals surface area contributed by atoms with Gasteiger partial charge in [-0.05, 0) is 54.2 Å². The Balaban J connectivity index is 1.81. The number of hydrogen-bond donors (Lipinski definition) is 1. The lowest BCUT2D eigenvalue weighted by atomic mass is 10.2. The molecule has 3 aromatic heterocycles. The van der Waals surface area contributed by atoms with Gasteiger partial charge >= 0.3 is 0 Å². The van der Waals surface area contributed by atoms with Gasteiger partial charge < -0.3 is 5.32 Å². The monoisotopic (exact) mass is 434 g/mol. The molecular weight excluding hydrogens is 416 g/mol. The molecule has 0 atom stereocenters. The molecule has 150 valence electrons. The van der Waals surface area contributed by atoms with Crippen LogP contribution < -0.4 is 5.32 Å². The summed E-state index contributed by atoms with van der Waals surface area (Å²) in [6.45, 7) is 2.93. The summed E-state index contributed by atoms with van der Waals surface area (Å²) in [6.07, 6.45) is 6.33. The van der Waals surface area contributed by atoms with Crippen LogP contribution in [0.3, 0.4) is 0 Å². The SMILES string of the molecule is CCCCCNc1nc(Sc2ccc(C#N)cn2)nc(Sc2ccc(C#N)cn2)n1. The van der Waals surface area contributed by atoms with Crippen molar-refractivity contribution in [2.75, 3.05) is 11.9 Å². The lowest BCUT2D eigenvalue weighted by molar-refractivity contribution is 0.730. The molecule has 10 heteroatoms. The summed E-state index contributed by atoms with van der Waals surface area (Å²) < 4.78 is 0. The molecule has 0 aliphatic heterocycles. The van der Waals surface area contributed by atoms with Crippen molar-refractivity contribution in [3.63, 3.8) is 0 Å². The molecule has 30 heavy (non-hydrogen) atoms. The second kappa shape index (κ2) is 11.1. The summed E-state index contributed by atoms with van der Waals surface area (Å²) in [5, 5.41) is 23.5. The second-order valence-corrected chi connectivity index (χ2v) is 8.03. The minimum atomic E-state index is 0.494. The predicted molar refractivity (Wildman–Crippen MR) is 114 cm³/mol. The number of rotatable bonds is 9. The molecule has 0 aromatic carbocycles. The molecule has 0 aliphatic rings. The van der Waals surface area contributed by atoms with E-state index in [-0.39, 0.29) is 0 Å². The Hall–Kier alpha value is -3.21. The van der Waals surface area contributed by atoms with Crippen molar-refractivity contribution in [3.05, 3.63) is 47.8 Å². The van der Waals surface area contributed by atoms with E-state index in [0.717, 1.165) is 25.8 Å². The van der Waals surface area contributed by atoms with Gasteiger partial charge in [-0.25, -0.2) is 9.97 Å². The average Bonchev–Trinajstić information content (AvgIpc) is 2.78. The van der Waals surface area contributed by atoms with Gasteiger partial charge in [-0.1, -0.05) is 19.8 Å². The first kappa shape index (κ1) is 21.5. The van der Waals surface area contributed by atoms with Crippen LogP contribution >= 0.6 is 23.5 Å². The van der Waals surface area contributed by atoms with Gasteiger partial charge in [0.25, 0.3) is 0 Å². The zero-order chi connectivity index (χ0) is 21.2. The van der Waals surface area contributed by atoms with Crippen LogP contribution in [0.15, 0.2) is 57.0 Å². The van der Waals surface area contributed by atoms with Crippen molar-refractivity contribution in [3.8, 4) is 12.1 Å². The first-order valence-corrected chi connectivity index (χ1v) is 10.9. The maximum atomic E-state index is 8.92. The molecule has 1 N–H and O–H groups in total. The topological polar surface area (TPSA) is 124 Å². The van der Waals surface area contributed by atoms with Crippen LogP contribution in [0.2, 0.25) is 0 Å². The van der Waals surface area contributed by atoms with Gasteiger partial charge in [-0.2, -0.15) is 25.5 Å². The maximum Gasteiger partial charge on any atom is 0.227 e. The number of unbranched alkanes of at least 4 members (excludes halogenated alkanes) is 2. The number of hydrogen-bond acceptors (Lipinski definition) is 10. The van der Waals surface area contributed by atoms with E-state index in [0.29, 0.717) is 37.4 Å². The maximum absolute atomic E-state index is 8.92. The third-order valence-electron chi connectivity index (χ3n) is 3.78. The number of pyridine rings is 2.